The molecule has 19 heteroatoms. The average Bonchev–Trinajstić information content (AvgIpc) is 3.29. The lowest BCUT2D eigenvalue weighted by Gasteiger charge is -2.72. The van der Waals surface area contributed by atoms with Crippen molar-refractivity contribution < 1.29 is 94.8 Å². The SMILES string of the molecule is CC(=CCCC1(CO)CCC2(C)C(CCC3C4(C)CCC(OC5OCC(O)C(O)C5OC5OC(CO)C(O)C(O)C5O)C(C)(COC5OC(CO)C(O)C(O)C5O)C4CCC32C)C1O)CO. The van der Waals surface area contributed by atoms with Gasteiger partial charge in [0.15, 0.2) is 18.9 Å². The first-order chi connectivity index (χ1) is 31.1. The van der Waals surface area contributed by atoms with Gasteiger partial charge in [-0.25, -0.2) is 0 Å². The van der Waals surface area contributed by atoms with Crippen molar-refractivity contribution in [2.75, 3.05) is 39.6 Å². The summed E-state index contributed by atoms with van der Waals surface area (Å²) >= 11 is 0. The van der Waals surface area contributed by atoms with Crippen LogP contribution in [0.4, 0.5) is 0 Å². The second-order valence-corrected chi connectivity index (χ2v) is 22.1. The van der Waals surface area contributed by atoms with Crippen LogP contribution in [-0.4, -0.2) is 204 Å². The highest BCUT2D eigenvalue weighted by Crippen LogP contribution is 2.75. The van der Waals surface area contributed by atoms with Crippen LogP contribution in [0.2, 0.25) is 0 Å². The topological polar surface area (TPSA) is 318 Å². The molecule has 0 radical (unpaired) electrons. The standard InChI is InChI=1S/C47H80O19/c1-23(17-48)7-6-12-47(21-51)16-15-45(4)24(39(47)60)8-9-29-43(2)13-11-30(65-42-38(31(53)25(52)20-61-42)66-41-37(59)35(57)33(55)27(19-50)64-41)44(3,28(43)10-14-46(29,45)5)22-62-40-36(58)34(56)32(54)26(18-49)63-40/h7,24-42,48-60H,6,8-22H2,1-5H3. The average molecular weight is 949 g/mol. The maximum absolute atomic E-state index is 12.3. The summed E-state index contributed by atoms with van der Waals surface area (Å²) in [6.07, 6.45) is -14.5. The van der Waals surface area contributed by atoms with Gasteiger partial charge in [-0.3, -0.25) is 0 Å². The van der Waals surface area contributed by atoms with Crippen molar-refractivity contribution in [2.24, 2.45) is 44.8 Å². The van der Waals surface area contributed by atoms with Crippen molar-refractivity contribution in [3.05, 3.63) is 11.6 Å². The van der Waals surface area contributed by atoms with Gasteiger partial charge in [-0.1, -0.05) is 39.3 Å². The van der Waals surface area contributed by atoms with Crippen LogP contribution in [-0.2, 0) is 28.4 Å². The normalized spacial score (nSPS) is 53.4. The molecule has 7 aliphatic rings. The minimum absolute atomic E-state index is 0.0389. The predicted octanol–water partition coefficient (Wildman–Crippen LogP) is -1.44. The van der Waals surface area contributed by atoms with E-state index in [1.54, 1.807) is 0 Å². The van der Waals surface area contributed by atoms with Crippen LogP contribution in [0.25, 0.3) is 0 Å². The highest BCUT2D eigenvalue weighted by Gasteiger charge is 2.70. The Kier molecular flexibility index (Phi) is 16.2. The van der Waals surface area contributed by atoms with Gasteiger partial charge in [0.1, 0.15) is 67.1 Å². The minimum Gasteiger partial charge on any atom is -0.396 e. The summed E-state index contributed by atoms with van der Waals surface area (Å²) in [6.45, 7) is 8.87. The van der Waals surface area contributed by atoms with Crippen molar-refractivity contribution in [2.45, 2.75) is 197 Å². The zero-order valence-electron chi connectivity index (χ0n) is 39.1. The molecule has 3 saturated heterocycles. The van der Waals surface area contributed by atoms with Crippen LogP contribution in [0.5, 0.6) is 0 Å². The van der Waals surface area contributed by atoms with Gasteiger partial charge in [-0.05, 0) is 105 Å². The minimum atomic E-state index is -1.82. The second kappa shape index (κ2) is 20.2. The highest BCUT2D eigenvalue weighted by molar-refractivity contribution is 5.19. The molecule has 4 aliphatic carbocycles. The molecule has 4 saturated carbocycles. The molecule has 19 nitrogen and oxygen atoms in total. The Labute approximate surface area is 387 Å². The first-order valence-electron chi connectivity index (χ1n) is 24.2. The number of rotatable bonds is 14. The summed E-state index contributed by atoms with van der Waals surface area (Å²) in [4.78, 5) is 0. The number of allylic oxidation sites excluding steroid dienone is 1. The summed E-state index contributed by atoms with van der Waals surface area (Å²) in [5.74, 6) is -0.0387. The zero-order valence-corrected chi connectivity index (χ0v) is 39.1. The van der Waals surface area contributed by atoms with Crippen LogP contribution < -0.4 is 0 Å². The summed E-state index contributed by atoms with van der Waals surface area (Å²) in [7, 11) is 0. The third kappa shape index (κ3) is 8.89. The Morgan fingerprint density at radius 1 is 0.636 bits per heavy atom. The number of hydrogen-bond acceptors (Lipinski definition) is 19. The van der Waals surface area contributed by atoms with E-state index in [4.69, 9.17) is 28.4 Å². The quantitative estimate of drug-likeness (QED) is 0.0701. The van der Waals surface area contributed by atoms with E-state index in [0.717, 1.165) is 31.3 Å². The molecule has 0 aromatic carbocycles. The van der Waals surface area contributed by atoms with E-state index >= 15 is 0 Å². The lowest BCUT2D eigenvalue weighted by Crippen LogP contribution is -2.69. The summed E-state index contributed by atoms with van der Waals surface area (Å²) < 4.78 is 36.7. The Morgan fingerprint density at radius 2 is 1.27 bits per heavy atom. The number of hydrogen-bond donors (Lipinski definition) is 13. The lowest BCUT2D eigenvalue weighted by atomic mass is 9.33. The van der Waals surface area contributed by atoms with Gasteiger partial charge in [0.2, 0.25) is 0 Å². The fraction of sp³-hybridized carbons (Fsp3) is 0.957. The molecule has 3 aliphatic heterocycles. The molecule has 24 atom stereocenters. The van der Waals surface area contributed by atoms with Crippen molar-refractivity contribution in [1.29, 1.82) is 0 Å². The van der Waals surface area contributed by atoms with E-state index in [9.17, 15) is 66.4 Å². The molecule has 24 unspecified atom stereocenters. The predicted molar refractivity (Wildman–Crippen MR) is 230 cm³/mol. The van der Waals surface area contributed by atoms with Crippen LogP contribution >= 0.6 is 0 Å². The van der Waals surface area contributed by atoms with Gasteiger partial charge in [0.25, 0.3) is 0 Å². The van der Waals surface area contributed by atoms with Crippen LogP contribution in [0.15, 0.2) is 11.6 Å². The highest BCUT2D eigenvalue weighted by atomic mass is 16.8. The van der Waals surface area contributed by atoms with Gasteiger partial charge in [-0.2, -0.15) is 0 Å². The largest absolute Gasteiger partial charge is 0.396 e. The van der Waals surface area contributed by atoms with E-state index in [1.807, 2.05) is 19.9 Å². The van der Waals surface area contributed by atoms with Gasteiger partial charge < -0.3 is 94.8 Å². The van der Waals surface area contributed by atoms with E-state index in [0.29, 0.717) is 38.5 Å². The third-order valence-corrected chi connectivity index (χ3v) is 18.8. The van der Waals surface area contributed by atoms with Gasteiger partial charge in [0, 0.05) is 10.8 Å². The van der Waals surface area contributed by atoms with Crippen molar-refractivity contribution in [1.82, 2.24) is 0 Å². The zero-order chi connectivity index (χ0) is 48.3. The molecule has 66 heavy (non-hydrogen) atoms. The van der Waals surface area contributed by atoms with Crippen LogP contribution in [0, 0.1) is 44.8 Å². The first kappa shape index (κ1) is 52.8. The fourth-order valence-corrected chi connectivity index (χ4v) is 14.4. The molecule has 7 fully saturated rings. The van der Waals surface area contributed by atoms with Crippen LogP contribution in [0.1, 0.15) is 98.8 Å². The number of aliphatic hydroxyl groups is 13. The molecule has 0 amide bonds. The summed E-state index contributed by atoms with van der Waals surface area (Å²) in [5.41, 5.74) is -1.62. The molecule has 0 bridgehead atoms. The van der Waals surface area contributed by atoms with Gasteiger partial charge in [0.05, 0.1) is 51.8 Å². The van der Waals surface area contributed by atoms with Crippen molar-refractivity contribution in [3.63, 3.8) is 0 Å². The smallest absolute Gasteiger partial charge is 0.187 e. The van der Waals surface area contributed by atoms with Crippen LogP contribution in [0.3, 0.4) is 0 Å². The second-order valence-electron chi connectivity index (χ2n) is 22.1. The molecule has 3 heterocycles. The Bertz CT molecular complexity index is 1650. The van der Waals surface area contributed by atoms with E-state index in [2.05, 4.69) is 20.8 Å². The maximum atomic E-state index is 12.3. The summed E-state index contributed by atoms with van der Waals surface area (Å²) in [6, 6.07) is 0. The van der Waals surface area contributed by atoms with E-state index in [1.165, 1.54) is 0 Å². The van der Waals surface area contributed by atoms with E-state index < -0.39 is 122 Å². The fourth-order valence-electron chi connectivity index (χ4n) is 14.4. The van der Waals surface area contributed by atoms with Crippen molar-refractivity contribution >= 4 is 0 Å². The third-order valence-electron chi connectivity index (χ3n) is 18.8. The molecule has 7 rings (SSSR count). The molecule has 0 spiro atoms. The van der Waals surface area contributed by atoms with Crippen molar-refractivity contribution in [3.8, 4) is 0 Å². The van der Waals surface area contributed by atoms with E-state index in [-0.39, 0.29) is 60.4 Å². The Morgan fingerprint density at radius 3 is 1.89 bits per heavy atom. The number of aliphatic hydroxyl groups excluding tert-OH is 13. The monoisotopic (exact) mass is 949 g/mol. The first-order valence-corrected chi connectivity index (χ1v) is 24.2. The molecule has 13 N–H and O–H groups in total. The molecular formula is C47H80O19. The maximum Gasteiger partial charge on any atom is 0.187 e. The molecule has 382 valence electrons. The van der Waals surface area contributed by atoms with Gasteiger partial charge in [-0.15, -0.1) is 0 Å². The molecule has 0 aromatic rings. The molecule has 0 aromatic heterocycles. The molecular weight excluding hydrogens is 868 g/mol. The number of fused-ring (bicyclic) bond motifs is 5. The van der Waals surface area contributed by atoms with Gasteiger partial charge >= 0.3 is 0 Å². The summed E-state index contributed by atoms with van der Waals surface area (Å²) in [5, 5.41) is 139. The Hall–Kier alpha value is -1.02. The Balaban J connectivity index is 1.18. The lowest BCUT2D eigenvalue weighted by molar-refractivity contribution is -0.371. The number of ether oxygens (including phenoxy) is 6.